The van der Waals surface area contributed by atoms with Gasteiger partial charge in [-0.15, -0.1) is 0 Å². The Morgan fingerprint density at radius 2 is 1.91 bits per heavy atom. The third-order valence-electron chi connectivity index (χ3n) is 6.39. The molecule has 1 saturated carbocycles. The summed E-state index contributed by atoms with van der Waals surface area (Å²) >= 11 is 2.28. The minimum Gasteiger partial charge on any atom is -0.351 e. The first-order chi connectivity index (χ1) is 15.4. The van der Waals surface area contributed by atoms with Crippen molar-refractivity contribution >= 4 is 46.0 Å². The Morgan fingerprint density at radius 3 is 2.53 bits per heavy atom. The molecule has 2 aliphatic rings. The van der Waals surface area contributed by atoms with Gasteiger partial charge in [0.15, 0.2) is 5.69 Å². The smallest absolute Gasteiger partial charge is 0.276 e. The monoisotopic (exact) mass is 549 g/mol. The number of benzene rings is 1. The second-order valence-electron chi connectivity index (χ2n) is 8.64. The van der Waals surface area contributed by atoms with Gasteiger partial charge in [0.1, 0.15) is 11.2 Å². The van der Waals surface area contributed by atoms with Crippen molar-refractivity contribution in [1.82, 2.24) is 20.0 Å². The number of fused-ring (bicyclic) bond motifs is 1. The lowest BCUT2D eigenvalue weighted by Gasteiger charge is -2.43. The molecule has 1 fully saturated rings. The molecule has 2 heterocycles. The summed E-state index contributed by atoms with van der Waals surface area (Å²) in [6.45, 7) is 4.23. The van der Waals surface area contributed by atoms with Gasteiger partial charge in [-0.1, -0.05) is 47.6 Å². The number of rotatable bonds is 6. The van der Waals surface area contributed by atoms with Crippen molar-refractivity contribution in [2.75, 3.05) is 11.9 Å². The number of anilines is 1. The summed E-state index contributed by atoms with van der Waals surface area (Å²) in [5, 5.41) is 10.3. The number of likely N-dealkylation sites (N-methyl/N-ethyl adjacent to an activating group) is 1. The number of aromatic nitrogens is 2. The van der Waals surface area contributed by atoms with Gasteiger partial charge in [-0.05, 0) is 44.4 Å². The van der Waals surface area contributed by atoms with E-state index >= 15 is 0 Å². The molecule has 4 rings (SSSR count). The van der Waals surface area contributed by atoms with Crippen molar-refractivity contribution in [2.45, 2.75) is 62.1 Å². The van der Waals surface area contributed by atoms with E-state index in [1.165, 1.54) is 16.3 Å². The van der Waals surface area contributed by atoms with Crippen molar-refractivity contribution in [3.8, 4) is 0 Å². The highest BCUT2D eigenvalue weighted by atomic mass is 127. The molecule has 9 heteroatoms. The fraction of sp³-hybridized carbons (Fsp3) is 0.478. The molecule has 0 bridgehead atoms. The van der Waals surface area contributed by atoms with Crippen LogP contribution < -0.4 is 10.6 Å². The lowest BCUT2D eigenvalue weighted by Crippen LogP contribution is -2.64. The van der Waals surface area contributed by atoms with Crippen LogP contribution in [0.1, 0.15) is 66.1 Å². The largest absolute Gasteiger partial charge is 0.351 e. The summed E-state index contributed by atoms with van der Waals surface area (Å²) < 4.78 is 2.39. The predicted molar refractivity (Wildman–Crippen MR) is 130 cm³/mol. The van der Waals surface area contributed by atoms with Crippen LogP contribution in [0.4, 0.5) is 5.69 Å². The second kappa shape index (κ2) is 9.21. The van der Waals surface area contributed by atoms with Crippen molar-refractivity contribution in [2.24, 2.45) is 0 Å². The van der Waals surface area contributed by atoms with Crippen LogP contribution >= 0.6 is 22.6 Å². The predicted octanol–water partition coefficient (Wildman–Crippen LogP) is 3.36. The number of alkyl halides is 1. The Hall–Kier alpha value is -2.43. The van der Waals surface area contributed by atoms with Gasteiger partial charge in [0.05, 0.1) is 6.54 Å². The van der Waals surface area contributed by atoms with E-state index in [2.05, 4.69) is 38.3 Å². The zero-order valence-corrected chi connectivity index (χ0v) is 20.5. The van der Waals surface area contributed by atoms with Crippen LogP contribution in [0.3, 0.4) is 0 Å². The maximum absolute atomic E-state index is 13.2. The molecule has 2 N–H and O–H groups in total. The van der Waals surface area contributed by atoms with Crippen LogP contribution in [-0.4, -0.2) is 50.5 Å². The lowest BCUT2D eigenvalue weighted by atomic mass is 9.94. The fourth-order valence-electron chi connectivity index (χ4n) is 4.53. The van der Waals surface area contributed by atoms with Crippen LogP contribution in [-0.2, 0) is 15.8 Å². The average molecular weight is 549 g/mol. The Bertz CT molecular complexity index is 1030. The van der Waals surface area contributed by atoms with Gasteiger partial charge in [-0.2, -0.15) is 5.10 Å². The first-order valence-corrected chi connectivity index (χ1v) is 12.6. The van der Waals surface area contributed by atoms with Gasteiger partial charge < -0.3 is 15.5 Å². The van der Waals surface area contributed by atoms with E-state index in [0.29, 0.717) is 17.9 Å². The quantitative estimate of drug-likeness (QED) is 0.427. The van der Waals surface area contributed by atoms with Gasteiger partial charge in [0.25, 0.3) is 11.8 Å². The van der Waals surface area contributed by atoms with E-state index in [4.69, 9.17) is 0 Å². The van der Waals surface area contributed by atoms with Crippen LogP contribution in [0.2, 0.25) is 0 Å². The average Bonchev–Trinajstić information content (AvgIpc) is 3.44. The molecule has 1 aliphatic carbocycles. The van der Waals surface area contributed by atoms with Crippen LogP contribution in [0, 0.1) is 0 Å². The molecule has 1 atom stereocenters. The molecule has 32 heavy (non-hydrogen) atoms. The summed E-state index contributed by atoms with van der Waals surface area (Å²) in [6.07, 6.45) is 4.16. The Labute approximate surface area is 201 Å². The molecule has 1 aromatic heterocycles. The van der Waals surface area contributed by atoms with E-state index in [1.807, 2.05) is 31.2 Å². The Morgan fingerprint density at radius 1 is 1.22 bits per heavy atom. The number of amides is 3. The molecule has 1 aliphatic heterocycles. The van der Waals surface area contributed by atoms with Gasteiger partial charge in [-0.25, -0.2) is 0 Å². The minimum absolute atomic E-state index is 0.155. The Kier molecular flexibility index (Phi) is 6.55. The molecule has 8 nitrogen and oxygen atoms in total. The summed E-state index contributed by atoms with van der Waals surface area (Å²) in [4.78, 5) is 40.8. The topological polar surface area (TPSA) is 96.3 Å². The first-order valence-electron chi connectivity index (χ1n) is 11.0. The first kappa shape index (κ1) is 22.8. The van der Waals surface area contributed by atoms with Crippen LogP contribution in [0.15, 0.2) is 30.3 Å². The van der Waals surface area contributed by atoms with Gasteiger partial charge in [0.2, 0.25) is 5.91 Å². The van der Waals surface area contributed by atoms with E-state index < -0.39 is 5.54 Å². The Balaban J connectivity index is 1.55. The number of nitrogens with zero attached hydrogens (tertiary/aromatic N) is 3. The highest BCUT2D eigenvalue weighted by molar-refractivity contribution is 14.1. The van der Waals surface area contributed by atoms with Crippen molar-refractivity contribution in [3.05, 3.63) is 47.3 Å². The lowest BCUT2D eigenvalue weighted by molar-refractivity contribution is -0.133. The zero-order chi connectivity index (χ0) is 22.9. The molecule has 0 radical (unpaired) electrons. The highest BCUT2D eigenvalue weighted by Gasteiger charge is 2.48. The number of halogens is 1. The van der Waals surface area contributed by atoms with Gasteiger partial charge >= 0.3 is 0 Å². The SMILES string of the molecule is CCN1C(=O)c2cc(C(=O)Nc3ccc(CI)cc3)nn2CC1(C)C(=O)NC1CCCC1. The molecule has 2 aromatic rings. The second-order valence-corrected chi connectivity index (χ2v) is 9.40. The third-order valence-corrected chi connectivity index (χ3v) is 7.27. The molecule has 1 aromatic carbocycles. The minimum atomic E-state index is -1.06. The third kappa shape index (κ3) is 4.26. The van der Waals surface area contributed by atoms with E-state index in [-0.39, 0.29) is 36.0 Å². The molecule has 170 valence electrons. The molecule has 3 amide bonds. The fourth-order valence-corrected chi connectivity index (χ4v) is 5.04. The molecular formula is C23H28IN5O3. The zero-order valence-electron chi connectivity index (χ0n) is 18.4. The summed E-state index contributed by atoms with van der Waals surface area (Å²) in [5.74, 6) is -0.843. The summed E-state index contributed by atoms with van der Waals surface area (Å²) in [6, 6.07) is 9.27. The number of hydrogen-bond acceptors (Lipinski definition) is 4. The number of nitrogens with one attached hydrogen (secondary N) is 2. The van der Waals surface area contributed by atoms with E-state index in [0.717, 1.165) is 30.1 Å². The van der Waals surface area contributed by atoms with Crippen molar-refractivity contribution < 1.29 is 14.4 Å². The van der Waals surface area contributed by atoms with E-state index in [1.54, 1.807) is 11.8 Å². The van der Waals surface area contributed by atoms with Crippen LogP contribution in [0.25, 0.3) is 0 Å². The number of hydrogen-bond donors (Lipinski definition) is 2. The molecule has 1 unspecified atom stereocenters. The summed E-state index contributed by atoms with van der Waals surface area (Å²) in [5.41, 5.74) is 1.25. The maximum atomic E-state index is 13.2. The van der Waals surface area contributed by atoms with Gasteiger partial charge in [-0.3, -0.25) is 19.1 Å². The molecule has 0 spiro atoms. The number of carbonyl (C=O) groups is 3. The van der Waals surface area contributed by atoms with Gasteiger partial charge in [0, 0.05) is 28.8 Å². The van der Waals surface area contributed by atoms with Crippen LogP contribution in [0.5, 0.6) is 0 Å². The maximum Gasteiger partial charge on any atom is 0.276 e. The van der Waals surface area contributed by atoms with Crippen molar-refractivity contribution in [3.63, 3.8) is 0 Å². The highest BCUT2D eigenvalue weighted by Crippen LogP contribution is 2.29. The molecule has 0 saturated heterocycles. The number of carbonyl (C=O) groups excluding carboxylic acids is 3. The normalized spacial score (nSPS) is 20.8. The molecular weight excluding hydrogens is 521 g/mol. The summed E-state index contributed by atoms with van der Waals surface area (Å²) in [7, 11) is 0. The van der Waals surface area contributed by atoms with E-state index in [9.17, 15) is 14.4 Å². The van der Waals surface area contributed by atoms with Crippen molar-refractivity contribution in [1.29, 1.82) is 0 Å². The standard InChI is InChI=1S/C23H28IN5O3/c1-3-28-21(31)19-12-18(20(30)25-17-10-8-15(13-24)9-11-17)27-29(19)14-23(28,2)22(32)26-16-6-4-5-7-16/h8-12,16H,3-7,13-14H2,1-2H3,(H,25,30)(H,26,32).